The van der Waals surface area contributed by atoms with Gasteiger partial charge in [0.15, 0.2) is 0 Å². The predicted molar refractivity (Wildman–Crippen MR) is 71.8 cm³/mol. The maximum absolute atomic E-state index is 5.39. The lowest BCUT2D eigenvalue weighted by Crippen LogP contribution is -1.99. The van der Waals surface area contributed by atoms with E-state index in [1.807, 2.05) is 43.6 Å². The van der Waals surface area contributed by atoms with Gasteiger partial charge >= 0.3 is 0 Å². The molecule has 1 heterocycles. The van der Waals surface area contributed by atoms with Crippen LogP contribution in [-0.2, 0) is 6.54 Å². The summed E-state index contributed by atoms with van der Waals surface area (Å²) in [5.41, 5.74) is 4.08. The number of aromatic nitrogens is 1. The van der Waals surface area contributed by atoms with Crippen LogP contribution in [0.2, 0.25) is 0 Å². The second-order valence-electron chi connectivity index (χ2n) is 3.67. The fourth-order valence-electron chi connectivity index (χ4n) is 1.51. The molecule has 0 radical (unpaired) electrons. The highest BCUT2D eigenvalue weighted by Gasteiger charge is 2.01. The van der Waals surface area contributed by atoms with Crippen molar-refractivity contribution in [3.8, 4) is 5.75 Å². The zero-order chi connectivity index (χ0) is 12.1. The Bertz CT molecular complexity index is 465. The summed E-state index contributed by atoms with van der Waals surface area (Å²) in [5, 5.41) is 3.37. The summed E-state index contributed by atoms with van der Waals surface area (Å²) in [5.74, 6) is 0.909. The molecule has 0 atom stereocenters. The highest BCUT2D eigenvalue weighted by Crippen LogP contribution is 2.18. The maximum atomic E-state index is 5.39. The third-order valence-corrected chi connectivity index (χ3v) is 3.40. The van der Waals surface area contributed by atoms with Crippen molar-refractivity contribution in [2.45, 2.75) is 20.4 Å². The minimum absolute atomic E-state index is 0.701. The van der Waals surface area contributed by atoms with Crippen LogP contribution in [0.25, 0.3) is 0 Å². The quantitative estimate of drug-likeness (QED) is 0.879. The smallest absolute Gasteiger partial charge is 0.119 e. The van der Waals surface area contributed by atoms with Crippen LogP contribution in [0.5, 0.6) is 5.75 Å². The number of hydrogen-bond donors (Lipinski definition) is 1. The topological polar surface area (TPSA) is 34.1 Å². The Balaban J connectivity index is 1.93. The highest BCUT2D eigenvalue weighted by molar-refractivity contribution is 7.09. The van der Waals surface area contributed by atoms with Gasteiger partial charge in [0, 0.05) is 10.6 Å². The molecule has 1 aromatic carbocycles. The van der Waals surface area contributed by atoms with Gasteiger partial charge in [-0.15, -0.1) is 11.3 Å². The number of ether oxygens (including phenoxy) is 1. The number of thiazole rings is 1. The number of rotatable bonds is 5. The van der Waals surface area contributed by atoms with Gasteiger partial charge in [0.25, 0.3) is 0 Å². The van der Waals surface area contributed by atoms with Crippen LogP contribution < -0.4 is 10.1 Å². The molecule has 17 heavy (non-hydrogen) atoms. The first kappa shape index (κ1) is 11.9. The summed E-state index contributed by atoms with van der Waals surface area (Å²) in [6, 6.07) is 8.01. The maximum Gasteiger partial charge on any atom is 0.119 e. The van der Waals surface area contributed by atoms with Crippen LogP contribution in [0.4, 0.5) is 5.69 Å². The average molecular weight is 248 g/mol. The van der Waals surface area contributed by atoms with Gasteiger partial charge in [0.2, 0.25) is 0 Å². The lowest BCUT2D eigenvalue weighted by atomic mass is 10.3. The van der Waals surface area contributed by atoms with Crippen molar-refractivity contribution in [1.82, 2.24) is 4.98 Å². The third kappa shape index (κ3) is 3.20. The van der Waals surface area contributed by atoms with Gasteiger partial charge in [-0.05, 0) is 38.1 Å². The SMILES string of the molecule is CCOc1ccc(NCc2scnc2C)cc1. The molecular weight excluding hydrogens is 232 g/mol. The molecule has 0 unspecified atom stereocenters. The first-order chi connectivity index (χ1) is 8.29. The van der Waals surface area contributed by atoms with Gasteiger partial charge in [-0.3, -0.25) is 0 Å². The van der Waals surface area contributed by atoms with E-state index in [1.165, 1.54) is 4.88 Å². The van der Waals surface area contributed by atoms with Crippen molar-refractivity contribution < 1.29 is 4.74 Å². The van der Waals surface area contributed by atoms with Crippen molar-refractivity contribution in [3.05, 3.63) is 40.3 Å². The molecule has 0 aliphatic carbocycles. The normalized spacial score (nSPS) is 10.2. The molecule has 0 aliphatic rings. The van der Waals surface area contributed by atoms with Gasteiger partial charge in [-0.2, -0.15) is 0 Å². The second-order valence-corrected chi connectivity index (χ2v) is 4.61. The van der Waals surface area contributed by atoms with Crippen LogP contribution in [0, 0.1) is 6.92 Å². The zero-order valence-electron chi connectivity index (χ0n) is 10.1. The van der Waals surface area contributed by atoms with Gasteiger partial charge in [0.1, 0.15) is 5.75 Å². The Morgan fingerprint density at radius 1 is 1.29 bits per heavy atom. The molecule has 0 amide bonds. The Morgan fingerprint density at radius 3 is 2.65 bits per heavy atom. The van der Waals surface area contributed by atoms with Crippen molar-refractivity contribution in [1.29, 1.82) is 0 Å². The van der Waals surface area contributed by atoms with E-state index in [0.29, 0.717) is 6.61 Å². The van der Waals surface area contributed by atoms with E-state index in [4.69, 9.17) is 4.74 Å². The van der Waals surface area contributed by atoms with E-state index in [9.17, 15) is 0 Å². The van der Waals surface area contributed by atoms with E-state index in [0.717, 1.165) is 23.7 Å². The minimum atomic E-state index is 0.701. The number of aryl methyl sites for hydroxylation is 1. The third-order valence-electron chi connectivity index (χ3n) is 2.46. The number of nitrogens with zero attached hydrogens (tertiary/aromatic N) is 1. The molecule has 3 nitrogen and oxygen atoms in total. The van der Waals surface area contributed by atoms with Crippen molar-refractivity contribution in [2.24, 2.45) is 0 Å². The fourth-order valence-corrected chi connectivity index (χ4v) is 2.23. The number of nitrogens with one attached hydrogen (secondary N) is 1. The standard InChI is InChI=1S/C13H16N2OS/c1-3-16-12-6-4-11(5-7-12)14-8-13-10(2)15-9-17-13/h4-7,9,14H,3,8H2,1-2H3. The van der Waals surface area contributed by atoms with Crippen LogP contribution >= 0.6 is 11.3 Å². The monoisotopic (exact) mass is 248 g/mol. The highest BCUT2D eigenvalue weighted by atomic mass is 32.1. The summed E-state index contributed by atoms with van der Waals surface area (Å²) in [4.78, 5) is 5.50. The number of hydrogen-bond acceptors (Lipinski definition) is 4. The molecule has 1 N–H and O–H groups in total. The summed E-state index contributed by atoms with van der Waals surface area (Å²) in [6.07, 6.45) is 0. The minimum Gasteiger partial charge on any atom is -0.494 e. The fraction of sp³-hybridized carbons (Fsp3) is 0.308. The number of anilines is 1. The molecule has 2 rings (SSSR count). The predicted octanol–water partition coefficient (Wildman–Crippen LogP) is 3.46. The molecule has 0 saturated carbocycles. The molecule has 0 spiro atoms. The first-order valence-corrected chi connectivity index (χ1v) is 6.53. The Morgan fingerprint density at radius 2 is 2.06 bits per heavy atom. The largest absolute Gasteiger partial charge is 0.494 e. The van der Waals surface area contributed by atoms with Gasteiger partial charge in [-0.1, -0.05) is 0 Å². The molecule has 0 aliphatic heterocycles. The van der Waals surface area contributed by atoms with Crippen LogP contribution in [-0.4, -0.2) is 11.6 Å². The zero-order valence-corrected chi connectivity index (χ0v) is 10.9. The first-order valence-electron chi connectivity index (χ1n) is 5.65. The van der Waals surface area contributed by atoms with Crippen LogP contribution in [0.15, 0.2) is 29.8 Å². The van der Waals surface area contributed by atoms with E-state index < -0.39 is 0 Å². The molecule has 4 heteroatoms. The van der Waals surface area contributed by atoms with Gasteiger partial charge in [-0.25, -0.2) is 4.98 Å². The molecular formula is C13H16N2OS. The average Bonchev–Trinajstić information content (AvgIpc) is 2.75. The molecule has 1 aromatic heterocycles. The molecule has 0 fully saturated rings. The summed E-state index contributed by atoms with van der Waals surface area (Å²) < 4.78 is 5.39. The lowest BCUT2D eigenvalue weighted by molar-refractivity contribution is 0.340. The van der Waals surface area contributed by atoms with Crippen LogP contribution in [0.3, 0.4) is 0 Å². The van der Waals surface area contributed by atoms with Crippen LogP contribution in [0.1, 0.15) is 17.5 Å². The van der Waals surface area contributed by atoms with Gasteiger partial charge in [0.05, 0.1) is 24.4 Å². The lowest BCUT2D eigenvalue weighted by Gasteiger charge is -2.07. The summed E-state index contributed by atoms with van der Waals surface area (Å²) in [6.45, 7) is 5.54. The van der Waals surface area contributed by atoms with Gasteiger partial charge < -0.3 is 10.1 Å². The van der Waals surface area contributed by atoms with Crippen molar-refractivity contribution in [3.63, 3.8) is 0 Å². The van der Waals surface area contributed by atoms with E-state index >= 15 is 0 Å². The molecule has 0 bridgehead atoms. The Kier molecular flexibility index (Phi) is 3.98. The molecule has 0 saturated heterocycles. The Labute approximate surface area is 105 Å². The Hall–Kier alpha value is -1.55. The van der Waals surface area contributed by atoms with E-state index in [1.54, 1.807) is 11.3 Å². The summed E-state index contributed by atoms with van der Waals surface area (Å²) >= 11 is 1.68. The van der Waals surface area contributed by atoms with Crippen molar-refractivity contribution in [2.75, 3.05) is 11.9 Å². The van der Waals surface area contributed by atoms with E-state index in [-0.39, 0.29) is 0 Å². The van der Waals surface area contributed by atoms with E-state index in [2.05, 4.69) is 10.3 Å². The molecule has 90 valence electrons. The summed E-state index contributed by atoms with van der Waals surface area (Å²) in [7, 11) is 0. The second kappa shape index (κ2) is 5.68. The molecule has 2 aromatic rings. The number of benzene rings is 1. The van der Waals surface area contributed by atoms with Crippen molar-refractivity contribution >= 4 is 17.0 Å².